The van der Waals surface area contributed by atoms with E-state index in [1.807, 2.05) is 36.4 Å². The minimum Gasteiger partial charge on any atom is -0.493 e. The minimum atomic E-state index is -0.756. The van der Waals surface area contributed by atoms with Crippen molar-refractivity contribution < 1.29 is 24.0 Å². The molecule has 37 heavy (non-hydrogen) atoms. The zero-order valence-electron chi connectivity index (χ0n) is 19.5. The summed E-state index contributed by atoms with van der Waals surface area (Å²) in [6, 6.07) is 24.5. The average molecular weight is 493 g/mol. The maximum Gasteiger partial charge on any atom is 0.344 e. The normalized spacial score (nSPS) is 10.9. The number of methoxy groups -OCH3 is 1. The van der Waals surface area contributed by atoms with Gasteiger partial charge in [-0.1, -0.05) is 48.5 Å². The molecule has 0 saturated carbocycles. The van der Waals surface area contributed by atoms with Gasteiger partial charge >= 0.3 is 5.97 Å². The van der Waals surface area contributed by atoms with Crippen LogP contribution in [0.3, 0.4) is 0 Å². The van der Waals surface area contributed by atoms with Crippen LogP contribution in [-0.4, -0.2) is 23.9 Å². The number of nitro groups is 1. The van der Waals surface area contributed by atoms with Gasteiger partial charge in [-0.25, -0.2) is 4.79 Å². The van der Waals surface area contributed by atoms with Gasteiger partial charge in [0.1, 0.15) is 11.6 Å². The Kier molecular flexibility index (Phi) is 7.21. The van der Waals surface area contributed by atoms with E-state index in [0.29, 0.717) is 11.1 Å². The first-order chi connectivity index (χ1) is 17.9. The van der Waals surface area contributed by atoms with E-state index >= 15 is 0 Å². The highest BCUT2D eigenvalue weighted by Gasteiger charge is 2.17. The first kappa shape index (κ1) is 24.6. The van der Waals surface area contributed by atoms with Crippen LogP contribution in [-0.2, 0) is 4.79 Å². The van der Waals surface area contributed by atoms with Crippen molar-refractivity contribution in [2.75, 3.05) is 12.4 Å². The summed E-state index contributed by atoms with van der Waals surface area (Å²) in [7, 11) is 1.42. The lowest BCUT2D eigenvalue weighted by atomic mass is 10.0. The number of anilines is 1. The van der Waals surface area contributed by atoms with Gasteiger partial charge < -0.3 is 14.8 Å². The van der Waals surface area contributed by atoms with E-state index in [1.54, 1.807) is 24.3 Å². The molecule has 0 heterocycles. The highest BCUT2D eigenvalue weighted by molar-refractivity contribution is 6.10. The fourth-order valence-corrected chi connectivity index (χ4v) is 3.63. The van der Waals surface area contributed by atoms with Crippen LogP contribution < -0.4 is 14.8 Å². The lowest BCUT2D eigenvalue weighted by molar-refractivity contribution is -0.384. The molecule has 0 saturated heterocycles. The smallest absolute Gasteiger partial charge is 0.344 e. The third-order valence-corrected chi connectivity index (χ3v) is 5.39. The summed E-state index contributed by atoms with van der Waals surface area (Å²) in [5.41, 5.74) is 0.471. The quantitative estimate of drug-likeness (QED) is 0.0895. The topological polar surface area (TPSA) is 132 Å². The number of ether oxygens (including phenoxy) is 2. The summed E-state index contributed by atoms with van der Waals surface area (Å²) in [4.78, 5) is 36.0. The number of benzene rings is 4. The number of nitriles is 1. The molecule has 1 amide bonds. The van der Waals surface area contributed by atoms with Crippen LogP contribution in [0.4, 0.5) is 11.4 Å². The van der Waals surface area contributed by atoms with Gasteiger partial charge in [0.15, 0.2) is 11.5 Å². The molecular formula is C28H19N3O6. The van der Waals surface area contributed by atoms with E-state index in [9.17, 15) is 25.0 Å². The van der Waals surface area contributed by atoms with Crippen LogP contribution in [0.5, 0.6) is 11.5 Å². The van der Waals surface area contributed by atoms with Gasteiger partial charge in [0.05, 0.1) is 17.6 Å². The van der Waals surface area contributed by atoms with Crippen LogP contribution in [0.15, 0.2) is 90.5 Å². The lowest BCUT2D eigenvalue weighted by Gasteiger charge is -2.11. The molecule has 0 fully saturated rings. The number of carbonyl (C=O) groups is 2. The molecule has 0 bridgehead atoms. The van der Waals surface area contributed by atoms with Gasteiger partial charge in [0, 0.05) is 17.8 Å². The Morgan fingerprint density at radius 3 is 2.49 bits per heavy atom. The molecule has 0 atom stereocenters. The van der Waals surface area contributed by atoms with Crippen molar-refractivity contribution in [1.82, 2.24) is 0 Å². The van der Waals surface area contributed by atoms with Crippen LogP contribution in [0.2, 0.25) is 0 Å². The zero-order chi connectivity index (χ0) is 26.4. The summed E-state index contributed by atoms with van der Waals surface area (Å²) < 4.78 is 11.0. The Morgan fingerprint density at radius 1 is 0.973 bits per heavy atom. The van der Waals surface area contributed by atoms with Crippen molar-refractivity contribution >= 4 is 40.1 Å². The van der Waals surface area contributed by atoms with Crippen molar-refractivity contribution in [3.05, 3.63) is 112 Å². The Hall–Kier alpha value is -5.49. The maximum absolute atomic E-state index is 13.0. The molecule has 0 aromatic heterocycles. The molecule has 0 spiro atoms. The summed E-state index contributed by atoms with van der Waals surface area (Å²) in [6.07, 6.45) is 1.31. The van der Waals surface area contributed by atoms with Crippen molar-refractivity contribution in [3.63, 3.8) is 0 Å². The van der Waals surface area contributed by atoms with Gasteiger partial charge in [-0.15, -0.1) is 0 Å². The molecule has 4 aromatic rings. The molecule has 4 rings (SSSR count). The summed E-state index contributed by atoms with van der Waals surface area (Å²) in [5.74, 6) is -0.968. The number of fused-ring (bicyclic) bond motifs is 1. The van der Waals surface area contributed by atoms with Gasteiger partial charge in [-0.3, -0.25) is 14.9 Å². The van der Waals surface area contributed by atoms with Gasteiger partial charge in [0.2, 0.25) is 0 Å². The van der Waals surface area contributed by atoms with Crippen molar-refractivity contribution in [2.45, 2.75) is 0 Å². The number of esters is 1. The average Bonchev–Trinajstić information content (AvgIpc) is 2.91. The Bertz CT molecular complexity index is 1600. The molecule has 0 unspecified atom stereocenters. The van der Waals surface area contributed by atoms with E-state index in [4.69, 9.17) is 9.47 Å². The van der Waals surface area contributed by atoms with Crippen molar-refractivity contribution in [1.29, 1.82) is 5.26 Å². The number of hydrogen-bond donors (Lipinski definition) is 1. The highest BCUT2D eigenvalue weighted by atomic mass is 16.6. The van der Waals surface area contributed by atoms with Crippen LogP contribution in [0.25, 0.3) is 16.8 Å². The predicted molar refractivity (Wildman–Crippen MR) is 137 cm³/mol. The van der Waals surface area contributed by atoms with Crippen molar-refractivity contribution in [2.24, 2.45) is 0 Å². The number of non-ortho nitro benzene ring substituents is 1. The molecular weight excluding hydrogens is 474 g/mol. The Morgan fingerprint density at radius 2 is 1.73 bits per heavy atom. The second-order valence-corrected chi connectivity index (χ2v) is 7.76. The van der Waals surface area contributed by atoms with E-state index < -0.39 is 16.8 Å². The Labute approximate surface area is 211 Å². The van der Waals surface area contributed by atoms with Gasteiger partial charge in [-0.2, -0.15) is 5.26 Å². The van der Waals surface area contributed by atoms with E-state index in [1.165, 1.54) is 43.5 Å². The second-order valence-electron chi connectivity index (χ2n) is 7.76. The molecule has 9 heteroatoms. The maximum atomic E-state index is 13.0. The van der Waals surface area contributed by atoms with E-state index in [0.717, 1.165) is 10.8 Å². The number of hydrogen-bond acceptors (Lipinski definition) is 7. The standard InChI is InChI=1S/C28H19N3O6/c1-36-25-13-12-18(14-20(17-29)27(32)30-21-8-5-9-22(16-21)31(34)35)15-26(25)37-28(33)24-11-4-7-19-6-2-3-10-23(19)24/h2-16H,1H3,(H,30,32)/b20-14+. The molecule has 1 N–H and O–H groups in total. The summed E-state index contributed by atoms with van der Waals surface area (Å²) in [5, 5.41) is 24.6. The first-order valence-electron chi connectivity index (χ1n) is 10.9. The van der Waals surface area contributed by atoms with Gasteiger partial charge in [-0.05, 0) is 46.7 Å². The molecule has 182 valence electrons. The number of carbonyl (C=O) groups excluding carboxylic acids is 2. The second kappa shape index (κ2) is 10.8. The lowest BCUT2D eigenvalue weighted by Crippen LogP contribution is -2.13. The van der Waals surface area contributed by atoms with Gasteiger partial charge in [0.25, 0.3) is 11.6 Å². The van der Waals surface area contributed by atoms with Crippen LogP contribution in [0, 0.1) is 21.4 Å². The molecule has 0 aliphatic carbocycles. The van der Waals surface area contributed by atoms with Crippen LogP contribution in [0.1, 0.15) is 15.9 Å². The molecule has 0 radical (unpaired) electrons. The first-order valence-corrected chi connectivity index (χ1v) is 10.9. The fraction of sp³-hybridized carbons (Fsp3) is 0.0357. The summed E-state index contributed by atoms with van der Waals surface area (Å²) in [6.45, 7) is 0. The third kappa shape index (κ3) is 5.61. The molecule has 9 nitrogen and oxygen atoms in total. The highest BCUT2D eigenvalue weighted by Crippen LogP contribution is 2.31. The number of amides is 1. The third-order valence-electron chi connectivity index (χ3n) is 5.39. The van der Waals surface area contributed by atoms with Crippen LogP contribution >= 0.6 is 0 Å². The van der Waals surface area contributed by atoms with E-state index in [-0.39, 0.29) is 28.4 Å². The number of nitrogens with one attached hydrogen (secondary N) is 1. The molecule has 0 aliphatic rings. The molecule has 0 aliphatic heterocycles. The number of nitro benzene ring substituents is 1. The zero-order valence-corrected chi connectivity index (χ0v) is 19.5. The fourth-order valence-electron chi connectivity index (χ4n) is 3.63. The number of rotatable bonds is 7. The SMILES string of the molecule is COc1ccc(/C=C(\C#N)C(=O)Nc2cccc([N+](=O)[O-])c2)cc1OC(=O)c1cccc2ccccc12. The largest absolute Gasteiger partial charge is 0.493 e. The number of nitrogens with zero attached hydrogens (tertiary/aromatic N) is 2. The monoisotopic (exact) mass is 493 g/mol. The van der Waals surface area contributed by atoms with E-state index in [2.05, 4.69) is 5.32 Å². The minimum absolute atomic E-state index is 0.102. The Balaban J connectivity index is 1.60. The predicted octanol–water partition coefficient (Wildman–Crippen LogP) is 5.52. The summed E-state index contributed by atoms with van der Waals surface area (Å²) >= 11 is 0. The molecule has 4 aromatic carbocycles. The van der Waals surface area contributed by atoms with Crippen molar-refractivity contribution in [3.8, 4) is 17.6 Å².